The largest absolute Gasteiger partial charge is 0.381 e. The van der Waals surface area contributed by atoms with E-state index in [1.807, 2.05) is 0 Å². The Balaban J connectivity index is 0.000000112. The molecule has 0 aromatic rings. The minimum atomic E-state index is 0.843. The van der Waals surface area contributed by atoms with Gasteiger partial charge in [0.15, 0.2) is 0 Å². The first-order chi connectivity index (χ1) is 5.33. The lowest BCUT2D eigenvalue weighted by Crippen LogP contribution is -2.26. The summed E-state index contributed by atoms with van der Waals surface area (Å²) in [5.41, 5.74) is 0. The van der Waals surface area contributed by atoms with Crippen LogP contribution in [0.15, 0.2) is 0 Å². The van der Waals surface area contributed by atoms with Gasteiger partial charge >= 0.3 is 0 Å². The van der Waals surface area contributed by atoms with E-state index in [1.165, 1.54) is 6.42 Å². The first-order valence-electron chi connectivity index (χ1n) is 4.48. The molecule has 2 heterocycles. The van der Waals surface area contributed by atoms with Gasteiger partial charge in [-0.15, -0.1) is 0 Å². The summed E-state index contributed by atoms with van der Waals surface area (Å²) in [6.07, 6.45) is 1.29. The molecule has 66 valence electrons. The Kier molecular flexibility index (Phi) is 3.87. The van der Waals surface area contributed by atoms with E-state index in [1.54, 1.807) is 0 Å². The van der Waals surface area contributed by atoms with Gasteiger partial charge in [0.25, 0.3) is 0 Å². The van der Waals surface area contributed by atoms with Crippen LogP contribution in [0.25, 0.3) is 0 Å². The first kappa shape index (κ1) is 9.01. The summed E-state index contributed by atoms with van der Waals surface area (Å²) in [6, 6.07) is 0. The average Bonchev–Trinajstić information content (AvgIpc) is 1.83. The van der Waals surface area contributed by atoms with E-state index in [0.717, 1.165) is 38.3 Å². The highest BCUT2D eigenvalue weighted by Gasteiger charge is 2.14. The highest BCUT2D eigenvalue weighted by Crippen LogP contribution is 2.12. The molecule has 2 aliphatic rings. The van der Waals surface area contributed by atoms with Crippen LogP contribution in [0.3, 0.4) is 0 Å². The third kappa shape index (κ3) is 3.21. The minimum absolute atomic E-state index is 0.843. The monoisotopic (exact) mass is 158 g/mol. The summed E-state index contributed by atoms with van der Waals surface area (Å²) in [6.45, 7) is 8.38. The van der Waals surface area contributed by atoms with Crippen molar-refractivity contribution in [1.82, 2.24) is 0 Å². The topological polar surface area (TPSA) is 18.5 Å². The van der Waals surface area contributed by atoms with Crippen LogP contribution in [0.4, 0.5) is 0 Å². The van der Waals surface area contributed by atoms with Gasteiger partial charge in [0.1, 0.15) is 0 Å². The van der Waals surface area contributed by atoms with Crippen molar-refractivity contribution in [3.05, 3.63) is 0 Å². The van der Waals surface area contributed by atoms with Gasteiger partial charge in [-0.1, -0.05) is 13.8 Å². The van der Waals surface area contributed by atoms with Crippen LogP contribution in [0, 0.1) is 11.8 Å². The van der Waals surface area contributed by atoms with Crippen LogP contribution in [0.5, 0.6) is 0 Å². The molecular weight excluding hydrogens is 140 g/mol. The van der Waals surface area contributed by atoms with Crippen molar-refractivity contribution < 1.29 is 9.47 Å². The Bertz CT molecular complexity index is 93.0. The van der Waals surface area contributed by atoms with E-state index in [0.29, 0.717) is 0 Å². The van der Waals surface area contributed by atoms with Crippen molar-refractivity contribution in [2.45, 2.75) is 20.3 Å². The normalized spacial score (nSPS) is 24.5. The van der Waals surface area contributed by atoms with Crippen molar-refractivity contribution in [2.75, 3.05) is 26.4 Å². The zero-order valence-electron chi connectivity index (χ0n) is 7.51. The molecule has 0 radical (unpaired) electrons. The minimum Gasteiger partial charge on any atom is -0.381 e. The third-order valence-corrected chi connectivity index (χ3v) is 2.09. The summed E-state index contributed by atoms with van der Waals surface area (Å²) in [7, 11) is 0. The lowest BCUT2D eigenvalue weighted by molar-refractivity contribution is -0.0331. The van der Waals surface area contributed by atoms with Crippen molar-refractivity contribution in [2.24, 2.45) is 11.8 Å². The maximum Gasteiger partial charge on any atom is 0.0516 e. The zero-order chi connectivity index (χ0) is 8.10. The second-order valence-corrected chi connectivity index (χ2v) is 3.45. The standard InChI is InChI=1S/C5H10O.C4H8O/c1-2-5-3-6-4-5;1-4-2-5-3-4/h5H,2-4H2,1H3;4H,2-3H2,1H3. The van der Waals surface area contributed by atoms with Crippen LogP contribution in [0.1, 0.15) is 20.3 Å². The van der Waals surface area contributed by atoms with Gasteiger partial charge in [0, 0.05) is 11.8 Å². The molecule has 2 heteroatoms. The lowest BCUT2D eigenvalue weighted by atomic mass is 10.1. The zero-order valence-corrected chi connectivity index (χ0v) is 7.51. The van der Waals surface area contributed by atoms with E-state index in [4.69, 9.17) is 9.47 Å². The van der Waals surface area contributed by atoms with Gasteiger partial charge < -0.3 is 9.47 Å². The number of hydrogen-bond acceptors (Lipinski definition) is 2. The number of hydrogen-bond donors (Lipinski definition) is 0. The second kappa shape index (κ2) is 4.73. The van der Waals surface area contributed by atoms with Crippen LogP contribution in [-0.4, -0.2) is 26.4 Å². The molecule has 2 saturated heterocycles. The number of rotatable bonds is 1. The van der Waals surface area contributed by atoms with Crippen LogP contribution >= 0.6 is 0 Å². The summed E-state index contributed by atoms with van der Waals surface area (Å²) in [4.78, 5) is 0. The summed E-state index contributed by atoms with van der Waals surface area (Å²) < 4.78 is 9.76. The quantitative estimate of drug-likeness (QED) is 0.578. The van der Waals surface area contributed by atoms with Gasteiger partial charge in [-0.05, 0) is 6.42 Å². The fourth-order valence-corrected chi connectivity index (χ4v) is 0.874. The van der Waals surface area contributed by atoms with Gasteiger partial charge in [0.05, 0.1) is 26.4 Å². The molecule has 2 rings (SSSR count). The third-order valence-electron chi connectivity index (χ3n) is 2.09. The molecule has 0 aromatic heterocycles. The highest BCUT2D eigenvalue weighted by atomic mass is 16.5. The maximum atomic E-state index is 4.93. The highest BCUT2D eigenvalue weighted by molar-refractivity contribution is 4.61. The molecule has 2 fully saturated rings. The van der Waals surface area contributed by atoms with Crippen molar-refractivity contribution in [1.29, 1.82) is 0 Å². The molecule has 0 N–H and O–H groups in total. The second-order valence-electron chi connectivity index (χ2n) is 3.45. The average molecular weight is 158 g/mol. The Hall–Kier alpha value is -0.0800. The Morgan fingerprint density at radius 3 is 1.55 bits per heavy atom. The molecule has 0 spiro atoms. The van der Waals surface area contributed by atoms with Crippen LogP contribution in [0.2, 0.25) is 0 Å². The molecule has 0 aliphatic carbocycles. The van der Waals surface area contributed by atoms with Crippen LogP contribution in [-0.2, 0) is 9.47 Å². The molecule has 0 atom stereocenters. The van der Waals surface area contributed by atoms with Crippen molar-refractivity contribution >= 4 is 0 Å². The van der Waals surface area contributed by atoms with Gasteiger partial charge in [0.2, 0.25) is 0 Å². The number of ether oxygens (including phenoxy) is 2. The molecule has 0 amide bonds. The van der Waals surface area contributed by atoms with E-state index in [2.05, 4.69) is 13.8 Å². The van der Waals surface area contributed by atoms with E-state index in [9.17, 15) is 0 Å². The predicted octanol–water partition coefficient (Wildman–Crippen LogP) is 1.70. The van der Waals surface area contributed by atoms with Crippen molar-refractivity contribution in [3.8, 4) is 0 Å². The van der Waals surface area contributed by atoms with E-state index in [-0.39, 0.29) is 0 Å². The Morgan fingerprint density at radius 2 is 1.55 bits per heavy atom. The van der Waals surface area contributed by atoms with Gasteiger partial charge in [-0.2, -0.15) is 0 Å². The SMILES string of the molecule is CC1COC1.CCC1COC1. The van der Waals surface area contributed by atoms with Crippen LogP contribution < -0.4 is 0 Å². The molecule has 2 aliphatic heterocycles. The molecule has 0 saturated carbocycles. The van der Waals surface area contributed by atoms with Gasteiger partial charge in [-0.3, -0.25) is 0 Å². The molecule has 11 heavy (non-hydrogen) atoms. The fourth-order valence-electron chi connectivity index (χ4n) is 0.874. The molecular formula is C9H18O2. The lowest BCUT2D eigenvalue weighted by Gasteiger charge is -2.23. The Labute approximate surface area is 68.9 Å². The summed E-state index contributed by atoms with van der Waals surface area (Å²) in [5, 5.41) is 0. The van der Waals surface area contributed by atoms with E-state index >= 15 is 0 Å². The molecule has 2 nitrogen and oxygen atoms in total. The molecule has 0 unspecified atom stereocenters. The van der Waals surface area contributed by atoms with Crippen molar-refractivity contribution in [3.63, 3.8) is 0 Å². The molecule has 0 bridgehead atoms. The smallest absolute Gasteiger partial charge is 0.0516 e. The maximum absolute atomic E-state index is 4.93. The molecule has 0 aromatic carbocycles. The Morgan fingerprint density at radius 1 is 1.09 bits per heavy atom. The van der Waals surface area contributed by atoms with E-state index < -0.39 is 0 Å². The summed E-state index contributed by atoms with van der Waals surface area (Å²) in [5.74, 6) is 1.74. The first-order valence-corrected chi connectivity index (χ1v) is 4.48. The fraction of sp³-hybridized carbons (Fsp3) is 1.00. The predicted molar refractivity (Wildman–Crippen MR) is 44.6 cm³/mol. The summed E-state index contributed by atoms with van der Waals surface area (Å²) >= 11 is 0. The van der Waals surface area contributed by atoms with Gasteiger partial charge in [-0.25, -0.2) is 0 Å².